The van der Waals surface area contributed by atoms with E-state index >= 15 is 0 Å². The second-order valence-corrected chi connectivity index (χ2v) is 5.67. The lowest BCUT2D eigenvalue weighted by Crippen LogP contribution is -2.34. The molecular weight excluding hydrogens is 264 g/mol. The van der Waals surface area contributed by atoms with Gasteiger partial charge in [0.15, 0.2) is 0 Å². The minimum Gasteiger partial charge on any atom is -0.487 e. The number of benzene rings is 1. The normalized spacial score (nSPS) is 11.4. The summed E-state index contributed by atoms with van der Waals surface area (Å²) in [5.74, 6) is 0.822. The van der Waals surface area contributed by atoms with Crippen LogP contribution in [0.5, 0.6) is 5.75 Å². The van der Waals surface area contributed by atoms with Crippen LogP contribution < -0.4 is 10.1 Å². The first-order valence-electron chi connectivity index (χ1n) is 7.08. The summed E-state index contributed by atoms with van der Waals surface area (Å²) in [4.78, 5) is 4.23. The van der Waals surface area contributed by atoms with Gasteiger partial charge in [-0.05, 0) is 43.7 Å². The smallest absolute Gasteiger partial charge is 0.130 e. The summed E-state index contributed by atoms with van der Waals surface area (Å²) in [5.41, 5.74) is 1.33. The first-order valence-corrected chi connectivity index (χ1v) is 7.08. The zero-order valence-electron chi connectivity index (χ0n) is 12.5. The van der Waals surface area contributed by atoms with Crippen LogP contribution in [-0.2, 0) is 13.2 Å². The highest BCUT2D eigenvalue weighted by atomic mass is 16.5. The molecule has 0 aliphatic heterocycles. The molecule has 112 valence electrons. The Bertz CT molecular complexity index is 550. The van der Waals surface area contributed by atoms with Gasteiger partial charge < -0.3 is 15.2 Å². The molecule has 0 fully saturated rings. The molecule has 0 unspecified atom stereocenters. The van der Waals surface area contributed by atoms with Crippen LogP contribution in [0.1, 0.15) is 25.1 Å². The number of hydrogen-bond acceptors (Lipinski definition) is 4. The van der Waals surface area contributed by atoms with E-state index < -0.39 is 5.60 Å². The molecule has 0 amide bonds. The highest BCUT2D eigenvalue weighted by Crippen LogP contribution is 2.14. The average molecular weight is 286 g/mol. The van der Waals surface area contributed by atoms with Crippen LogP contribution >= 0.6 is 0 Å². The van der Waals surface area contributed by atoms with E-state index in [2.05, 4.69) is 10.3 Å². The van der Waals surface area contributed by atoms with Crippen molar-refractivity contribution in [1.29, 1.82) is 0 Å². The summed E-state index contributed by atoms with van der Waals surface area (Å²) in [6, 6.07) is 13.7. The first-order chi connectivity index (χ1) is 10.0. The Labute approximate surface area is 125 Å². The van der Waals surface area contributed by atoms with Crippen molar-refractivity contribution in [2.24, 2.45) is 0 Å². The van der Waals surface area contributed by atoms with Crippen LogP contribution in [0.15, 0.2) is 48.7 Å². The van der Waals surface area contributed by atoms with E-state index in [0.717, 1.165) is 17.0 Å². The maximum absolute atomic E-state index is 9.67. The Kier molecular flexibility index (Phi) is 5.31. The van der Waals surface area contributed by atoms with Gasteiger partial charge in [-0.3, -0.25) is 4.98 Å². The lowest BCUT2D eigenvalue weighted by atomic mass is 10.1. The summed E-state index contributed by atoms with van der Waals surface area (Å²) >= 11 is 0. The molecule has 0 radical (unpaired) electrons. The lowest BCUT2D eigenvalue weighted by Gasteiger charge is -2.17. The zero-order valence-corrected chi connectivity index (χ0v) is 12.5. The number of nitrogens with one attached hydrogen (secondary N) is 1. The molecular formula is C17H22N2O2. The molecule has 0 spiro atoms. The van der Waals surface area contributed by atoms with Crippen molar-refractivity contribution in [2.45, 2.75) is 32.6 Å². The van der Waals surface area contributed by atoms with Crippen LogP contribution in [0.4, 0.5) is 0 Å². The predicted octanol–water partition coefficient (Wildman–Crippen LogP) is 2.52. The molecule has 1 aromatic carbocycles. The quantitative estimate of drug-likeness (QED) is 0.821. The van der Waals surface area contributed by atoms with Gasteiger partial charge in [-0.1, -0.05) is 18.2 Å². The van der Waals surface area contributed by atoms with Crippen molar-refractivity contribution in [2.75, 3.05) is 6.54 Å². The van der Waals surface area contributed by atoms with Gasteiger partial charge in [-0.15, -0.1) is 0 Å². The Morgan fingerprint density at radius 3 is 2.76 bits per heavy atom. The fourth-order valence-corrected chi connectivity index (χ4v) is 1.90. The molecule has 0 saturated carbocycles. The van der Waals surface area contributed by atoms with Crippen LogP contribution in [0, 0.1) is 0 Å². The van der Waals surface area contributed by atoms with E-state index in [1.54, 1.807) is 20.0 Å². The van der Waals surface area contributed by atoms with Crippen molar-refractivity contribution in [3.05, 3.63) is 59.9 Å². The molecule has 0 aliphatic rings. The number of aliphatic hydroxyl groups is 1. The number of nitrogens with zero attached hydrogens (tertiary/aromatic N) is 1. The first kappa shape index (κ1) is 15.5. The van der Waals surface area contributed by atoms with E-state index in [0.29, 0.717) is 19.7 Å². The molecule has 4 heteroatoms. The Morgan fingerprint density at radius 2 is 2.05 bits per heavy atom. The van der Waals surface area contributed by atoms with Crippen molar-refractivity contribution in [3.63, 3.8) is 0 Å². The third-order valence-corrected chi connectivity index (χ3v) is 2.90. The fourth-order valence-electron chi connectivity index (χ4n) is 1.90. The van der Waals surface area contributed by atoms with Crippen molar-refractivity contribution < 1.29 is 9.84 Å². The summed E-state index contributed by atoms with van der Waals surface area (Å²) in [5, 5.41) is 12.9. The second-order valence-electron chi connectivity index (χ2n) is 5.67. The monoisotopic (exact) mass is 286 g/mol. The van der Waals surface area contributed by atoms with Crippen molar-refractivity contribution >= 4 is 0 Å². The third-order valence-electron chi connectivity index (χ3n) is 2.90. The molecule has 4 nitrogen and oxygen atoms in total. The maximum atomic E-state index is 9.67. The SMILES string of the molecule is CC(C)(O)CNCc1cccc(OCc2ccccn2)c1. The van der Waals surface area contributed by atoms with Crippen LogP contribution in [0.2, 0.25) is 0 Å². The van der Waals surface area contributed by atoms with E-state index in [-0.39, 0.29) is 0 Å². The fraction of sp³-hybridized carbons (Fsp3) is 0.353. The van der Waals surface area contributed by atoms with Gasteiger partial charge in [0.2, 0.25) is 0 Å². The van der Waals surface area contributed by atoms with E-state index in [1.807, 2.05) is 42.5 Å². The summed E-state index contributed by atoms with van der Waals surface area (Å²) in [6.07, 6.45) is 1.76. The van der Waals surface area contributed by atoms with Gasteiger partial charge in [0.1, 0.15) is 12.4 Å². The number of aromatic nitrogens is 1. The highest BCUT2D eigenvalue weighted by Gasteiger charge is 2.10. The molecule has 1 heterocycles. The van der Waals surface area contributed by atoms with Crippen molar-refractivity contribution in [1.82, 2.24) is 10.3 Å². The maximum Gasteiger partial charge on any atom is 0.130 e. The van der Waals surface area contributed by atoms with Gasteiger partial charge in [0.05, 0.1) is 11.3 Å². The molecule has 0 atom stereocenters. The molecule has 0 bridgehead atoms. The number of hydrogen-bond donors (Lipinski definition) is 2. The standard InChI is InChI=1S/C17H22N2O2/c1-17(2,20)13-18-11-14-6-5-8-16(10-14)21-12-15-7-3-4-9-19-15/h3-10,18,20H,11-13H2,1-2H3. The van der Waals surface area contributed by atoms with Crippen LogP contribution in [-0.4, -0.2) is 22.2 Å². The van der Waals surface area contributed by atoms with Crippen molar-refractivity contribution in [3.8, 4) is 5.75 Å². The zero-order chi connectivity index (χ0) is 15.1. The molecule has 0 aliphatic carbocycles. The van der Waals surface area contributed by atoms with E-state index in [9.17, 15) is 5.11 Å². The van der Waals surface area contributed by atoms with Crippen LogP contribution in [0.25, 0.3) is 0 Å². The molecule has 2 aromatic rings. The van der Waals surface area contributed by atoms with Gasteiger partial charge in [0.25, 0.3) is 0 Å². The number of pyridine rings is 1. The third kappa shape index (κ3) is 5.94. The average Bonchev–Trinajstić information content (AvgIpc) is 2.45. The molecule has 0 saturated heterocycles. The van der Waals surface area contributed by atoms with Crippen LogP contribution in [0.3, 0.4) is 0 Å². The molecule has 2 rings (SSSR count). The largest absolute Gasteiger partial charge is 0.487 e. The minimum atomic E-state index is -0.701. The topological polar surface area (TPSA) is 54.4 Å². The van der Waals surface area contributed by atoms with E-state index in [4.69, 9.17) is 4.74 Å². The summed E-state index contributed by atoms with van der Waals surface area (Å²) < 4.78 is 5.74. The molecule has 2 N–H and O–H groups in total. The van der Waals surface area contributed by atoms with Gasteiger partial charge in [0, 0.05) is 19.3 Å². The Balaban J connectivity index is 1.86. The number of rotatable bonds is 7. The lowest BCUT2D eigenvalue weighted by molar-refractivity contribution is 0.0795. The van der Waals surface area contributed by atoms with Gasteiger partial charge in [-0.2, -0.15) is 0 Å². The number of ether oxygens (including phenoxy) is 1. The summed E-state index contributed by atoms with van der Waals surface area (Å²) in [7, 11) is 0. The Morgan fingerprint density at radius 1 is 1.19 bits per heavy atom. The van der Waals surface area contributed by atoms with Gasteiger partial charge in [-0.25, -0.2) is 0 Å². The van der Waals surface area contributed by atoms with E-state index in [1.165, 1.54) is 0 Å². The minimum absolute atomic E-state index is 0.460. The molecule has 1 aromatic heterocycles. The second kappa shape index (κ2) is 7.20. The highest BCUT2D eigenvalue weighted by molar-refractivity contribution is 5.28. The predicted molar refractivity (Wildman–Crippen MR) is 83.0 cm³/mol. The molecule has 21 heavy (non-hydrogen) atoms. The summed E-state index contributed by atoms with van der Waals surface area (Å²) in [6.45, 7) is 5.27. The Hall–Kier alpha value is -1.91. The van der Waals surface area contributed by atoms with Gasteiger partial charge >= 0.3 is 0 Å².